The van der Waals surface area contributed by atoms with Gasteiger partial charge in [-0.05, 0) is 24.3 Å². The van der Waals surface area contributed by atoms with Crippen LogP contribution < -0.4 is 4.90 Å². The Hall–Kier alpha value is -1.94. The average molecular weight is 294 g/mol. The summed E-state index contributed by atoms with van der Waals surface area (Å²) in [5.41, 5.74) is 2.47. The summed E-state index contributed by atoms with van der Waals surface area (Å²) in [6.07, 6.45) is 1.68. The van der Waals surface area contributed by atoms with E-state index in [-0.39, 0.29) is 0 Å². The summed E-state index contributed by atoms with van der Waals surface area (Å²) in [7, 11) is 0. The van der Waals surface area contributed by atoms with Crippen molar-refractivity contribution in [2.75, 3.05) is 31.1 Å². The van der Waals surface area contributed by atoms with Crippen molar-refractivity contribution in [1.82, 2.24) is 14.9 Å². The van der Waals surface area contributed by atoms with Gasteiger partial charge in [0.2, 0.25) is 0 Å². The SMILES string of the molecule is Cc1cc(N2C[C@H]3CN(Cc4ccccc4)C[C@@H]3C2)ncn1. The van der Waals surface area contributed by atoms with Gasteiger partial charge in [0.1, 0.15) is 12.1 Å². The lowest BCUT2D eigenvalue weighted by atomic mass is 10.0. The number of aryl methyl sites for hydroxylation is 1. The molecule has 2 atom stereocenters. The van der Waals surface area contributed by atoms with E-state index in [1.54, 1.807) is 6.33 Å². The second kappa shape index (κ2) is 5.69. The first-order valence-electron chi connectivity index (χ1n) is 8.08. The van der Waals surface area contributed by atoms with Gasteiger partial charge >= 0.3 is 0 Å². The van der Waals surface area contributed by atoms with Gasteiger partial charge in [0.25, 0.3) is 0 Å². The molecule has 0 amide bonds. The van der Waals surface area contributed by atoms with E-state index in [9.17, 15) is 0 Å². The number of benzene rings is 1. The van der Waals surface area contributed by atoms with Crippen LogP contribution in [0.5, 0.6) is 0 Å². The normalized spacial score (nSPS) is 24.7. The maximum atomic E-state index is 4.44. The lowest BCUT2D eigenvalue weighted by molar-refractivity contribution is 0.309. The molecule has 1 aromatic heterocycles. The predicted molar refractivity (Wildman–Crippen MR) is 87.7 cm³/mol. The third-order valence-electron chi connectivity index (χ3n) is 4.92. The standard InChI is InChI=1S/C18H22N4/c1-14-7-18(20-13-19-14)22-11-16-9-21(10-17(16)12-22)8-15-5-3-2-4-6-15/h2-7,13,16-17H,8-12H2,1H3/t16-,17-/m1/s1. The van der Waals surface area contributed by atoms with E-state index in [2.05, 4.69) is 56.2 Å². The van der Waals surface area contributed by atoms with Gasteiger partial charge in [-0.15, -0.1) is 0 Å². The number of anilines is 1. The van der Waals surface area contributed by atoms with Crippen molar-refractivity contribution in [3.8, 4) is 0 Å². The Bertz CT molecular complexity index is 629. The predicted octanol–water partition coefficient (Wildman–Crippen LogP) is 2.35. The van der Waals surface area contributed by atoms with E-state index in [1.165, 1.54) is 18.7 Å². The number of likely N-dealkylation sites (tertiary alicyclic amines) is 1. The summed E-state index contributed by atoms with van der Waals surface area (Å²) in [6, 6.07) is 12.9. The highest BCUT2D eigenvalue weighted by Crippen LogP contribution is 2.33. The molecule has 2 aromatic rings. The van der Waals surface area contributed by atoms with Crippen molar-refractivity contribution in [2.24, 2.45) is 11.8 Å². The number of nitrogens with zero attached hydrogens (tertiary/aromatic N) is 4. The monoisotopic (exact) mass is 294 g/mol. The fourth-order valence-electron chi connectivity index (χ4n) is 3.86. The summed E-state index contributed by atoms with van der Waals surface area (Å²) >= 11 is 0. The maximum absolute atomic E-state index is 4.44. The Labute approximate surface area is 131 Å². The number of aromatic nitrogens is 2. The second-order valence-corrected chi connectivity index (χ2v) is 6.62. The van der Waals surface area contributed by atoms with Crippen LogP contribution in [-0.4, -0.2) is 41.0 Å². The van der Waals surface area contributed by atoms with Crippen LogP contribution >= 0.6 is 0 Å². The molecule has 0 N–H and O–H groups in total. The molecular formula is C18H22N4. The number of rotatable bonds is 3. The molecular weight excluding hydrogens is 272 g/mol. The Morgan fingerprint density at radius 3 is 2.41 bits per heavy atom. The van der Waals surface area contributed by atoms with Crippen LogP contribution in [0.3, 0.4) is 0 Å². The molecule has 2 fully saturated rings. The Balaban J connectivity index is 1.38. The van der Waals surface area contributed by atoms with E-state index in [1.807, 2.05) is 6.92 Å². The van der Waals surface area contributed by atoms with Crippen LogP contribution in [0.4, 0.5) is 5.82 Å². The fraction of sp³-hybridized carbons (Fsp3) is 0.444. The molecule has 1 aromatic carbocycles. The highest BCUT2D eigenvalue weighted by atomic mass is 15.3. The van der Waals surface area contributed by atoms with Gasteiger partial charge in [-0.3, -0.25) is 4.90 Å². The van der Waals surface area contributed by atoms with E-state index < -0.39 is 0 Å². The van der Waals surface area contributed by atoms with Crippen molar-refractivity contribution in [3.05, 3.63) is 54.0 Å². The van der Waals surface area contributed by atoms with E-state index in [4.69, 9.17) is 0 Å². The van der Waals surface area contributed by atoms with Crippen LogP contribution in [0.1, 0.15) is 11.3 Å². The summed E-state index contributed by atoms with van der Waals surface area (Å²) in [4.78, 5) is 13.7. The Morgan fingerprint density at radius 2 is 1.73 bits per heavy atom. The minimum Gasteiger partial charge on any atom is -0.356 e. The highest BCUT2D eigenvalue weighted by Gasteiger charge is 2.40. The fourth-order valence-corrected chi connectivity index (χ4v) is 3.86. The van der Waals surface area contributed by atoms with Crippen molar-refractivity contribution < 1.29 is 0 Å². The molecule has 0 bridgehead atoms. The van der Waals surface area contributed by atoms with Gasteiger partial charge in [0, 0.05) is 44.5 Å². The molecule has 4 rings (SSSR count). The zero-order valence-electron chi connectivity index (χ0n) is 13.0. The topological polar surface area (TPSA) is 32.3 Å². The molecule has 2 aliphatic heterocycles. The van der Waals surface area contributed by atoms with Crippen LogP contribution in [0.25, 0.3) is 0 Å². The van der Waals surface area contributed by atoms with Crippen LogP contribution in [-0.2, 0) is 6.54 Å². The Kier molecular flexibility index (Phi) is 3.54. The maximum Gasteiger partial charge on any atom is 0.132 e. The zero-order chi connectivity index (χ0) is 14.9. The average Bonchev–Trinajstić information content (AvgIpc) is 3.06. The minimum absolute atomic E-state index is 0.777. The van der Waals surface area contributed by atoms with Crippen molar-refractivity contribution in [3.63, 3.8) is 0 Å². The quantitative estimate of drug-likeness (QED) is 0.870. The van der Waals surface area contributed by atoms with Crippen LogP contribution in [0, 0.1) is 18.8 Å². The smallest absolute Gasteiger partial charge is 0.132 e. The van der Waals surface area contributed by atoms with Gasteiger partial charge < -0.3 is 4.90 Å². The van der Waals surface area contributed by atoms with E-state index >= 15 is 0 Å². The van der Waals surface area contributed by atoms with Crippen molar-refractivity contribution in [1.29, 1.82) is 0 Å². The molecule has 3 heterocycles. The molecule has 0 saturated carbocycles. The molecule has 2 saturated heterocycles. The molecule has 0 aliphatic carbocycles. The minimum atomic E-state index is 0.777. The third-order valence-corrected chi connectivity index (χ3v) is 4.92. The van der Waals surface area contributed by atoms with Gasteiger partial charge in [0.05, 0.1) is 0 Å². The lowest BCUT2D eigenvalue weighted by Crippen LogP contribution is -2.29. The first-order valence-corrected chi connectivity index (χ1v) is 8.08. The summed E-state index contributed by atoms with van der Waals surface area (Å²) in [6.45, 7) is 7.79. The molecule has 4 heteroatoms. The van der Waals surface area contributed by atoms with Gasteiger partial charge in [0.15, 0.2) is 0 Å². The van der Waals surface area contributed by atoms with Gasteiger partial charge in [-0.2, -0.15) is 0 Å². The number of hydrogen-bond acceptors (Lipinski definition) is 4. The van der Waals surface area contributed by atoms with E-state index in [0.717, 1.165) is 43.0 Å². The van der Waals surface area contributed by atoms with E-state index in [0.29, 0.717) is 0 Å². The number of fused-ring (bicyclic) bond motifs is 1. The Morgan fingerprint density at radius 1 is 1.00 bits per heavy atom. The second-order valence-electron chi connectivity index (χ2n) is 6.62. The molecule has 0 spiro atoms. The number of hydrogen-bond donors (Lipinski definition) is 0. The molecule has 22 heavy (non-hydrogen) atoms. The summed E-state index contributed by atoms with van der Waals surface area (Å²) < 4.78 is 0. The van der Waals surface area contributed by atoms with Crippen LogP contribution in [0.15, 0.2) is 42.7 Å². The zero-order valence-corrected chi connectivity index (χ0v) is 13.0. The molecule has 2 aliphatic rings. The van der Waals surface area contributed by atoms with Gasteiger partial charge in [-0.25, -0.2) is 9.97 Å². The van der Waals surface area contributed by atoms with Crippen molar-refractivity contribution in [2.45, 2.75) is 13.5 Å². The first-order chi connectivity index (χ1) is 10.8. The molecule has 0 unspecified atom stereocenters. The first kappa shape index (κ1) is 13.7. The van der Waals surface area contributed by atoms with Crippen molar-refractivity contribution >= 4 is 5.82 Å². The third kappa shape index (κ3) is 2.71. The molecule has 4 nitrogen and oxygen atoms in total. The summed E-state index contributed by atoms with van der Waals surface area (Å²) in [5, 5.41) is 0. The lowest BCUT2D eigenvalue weighted by Gasteiger charge is -2.22. The summed E-state index contributed by atoms with van der Waals surface area (Å²) in [5.74, 6) is 2.65. The largest absolute Gasteiger partial charge is 0.356 e. The van der Waals surface area contributed by atoms with Crippen LogP contribution in [0.2, 0.25) is 0 Å². The molecule has 114 valence electrons. The van der Waals surface area contributed by atoms with Gasteiger partial charge in [-0.1, -0.05) is 30.3 Å². The highest BCUT2D eigenvalue weighted by molar-refractivity contribution is 5.40. The molecule has 0 radical (unpaired) electrons.